The van der Waals surface area contributed by atoms with Crippen molar-refractivity contribution in [2.24, 2.45) is 5.10 Å². The Bertz CT molecular complexity index is 1720. The van der Waals surface area contributed by atoms with Crippen LogP contribution in [-0.4, -0.2) is 18.1 Å². The zero-order chi connectivity index (χ0) is 27.9. The van der Waals surface area contributed by atoms with Gasteiger partial charge in [0.1, 0.15) is 18.1 Å². The summed E-state index contributed by atoms with van der Waals surface area (Å²) < 4.78 is 11.6. The fourth-order valence-corrected chi connectivity index (χ4v) is 4.36. The minimum Gasteiger partial charge on any atom is -0.488 e. The number of ether oxygens (including phenoxy) is 2. The smallest absolute Gasteiger partial charge is 0.345 e. The molecule has 0 aromatic heterocycles. The van der Waals surface area contributed by atoms with E-state index in [1.54, 1.807) is 66.7 Å². The van der Waals surface area contributed by atoms with Gasteiger partial charge < -0.3 is 9.47 Å². The van der Waals surface area contributed by atoms with E-state index >= 15 is 0 Å². The highest BCUT2D eigenvalue weighted by Crippen LogP contribution is 2.28. The average molecular weight is 569 g/mol. The van der Waals surface area contributed by atoms with Crippen molar-refractivity contribution in [3.8, 4) is 11.5 Å². The second kappa shape index (κ2) is 12.5. The lowest BCUT2D eigenvalue weighted by Gasteiger charge is -2.12. The number of nitrogens with one attached hydrogen (secondary N) is 1. The van der Waals surface area contributed by atoms with Crippen molar-refractivity contribution in [2.45, 2.75) is 6.61 Å². The molecule has 0 unspecified atom stereocenters. The van der Waals surface area contributed by atoms with Gasteiger partial charge >= 0.3 is 5.97 Å². The Labute approximate surface area is 240 Å². The van der Waals surface area contributed by atoms with Crippen LogP contribution in [0.25, 0.3) is 10.8 Å². The molecule has 8 heteroatoms. The number of hydrazone groups is 1. The highest BCUT2D eigenvalue weighted by Gasteiger charge is 2.16. The Hall–Kier alpha value is -4.65. The predicted octanol–water partition coefficient (Wildman–Crippen LogP) is 7.71. The zero-order valence-corrected chi connectivity index (χ0v) is 22.5. The standard InChI is InChI=1S/C32H22Cl2N2O4/c33-23-16-13-21(14-17-23)20-39-29-12-6-4-10-26(29)31(37)36-35-19-27-24-8-2-1-7-22(24)15-18-30(27)40-32(38)25-9-3-5-11-28(25)34/h1-19H,20H2,(H,36,37)/b35-19+. The van der Waals surface area contributed by atoms with E-state index in [0.717, 1.165) is 16.3 Å². The van der Waals surface area contributed by atoms with Crippen LogP contribution in [0.4, 0.5) is 0 Å². The molecule has 6 nitrogen and oxygen atoms in total. The third-order valence-electron chi connectivity index (χ3n) is 6.03. The van der Waals surface area contributed by atoms with Gasteiger partial charge in [-0.25, -0.2) is 10.2 Å². The van der Waals surface area contributed by atoms with Crippen molar-refractivity contribution in [1.82, 2.24) is 5.43 Å². The van der Waals surface area contributed by atoms with Crippen LogP contribution in [0, 0.1) is 0 Å². The summed E-state index contributed by atoms with van der Waals surface area (Å²) in [5.74, 6) is -0.387. The fourth-order valence-electron chi connectivity index (χ4n) is 4.02. The van der Waals surface area contributed by atoms with Crippen molar-refractivity contribution in [3.05, 3.63) is 141 Å². The summed E-state index contributed by atoms with van der Waals surface area (Å²) in [5, 5.41) is 6.80. The number of hydrogen-bond donors (Lipinski definition) is 1. The molecule has 0 saturated heterocycles. The second-order valence-electron chi connectivity index (χ2n) is 8.68. The predicted molar refractivity (Wildman–Crippen MR) is 158 cm³/mol. The fraction of sp³-hybridized carbons (Fsp3) is 0.0312. The summed E-state index contributed by atoms with van der Waals surface area (Å²) in [6, 6.07) is 31.9. The van der Waals surface area contributed by atoms with Gasteiger partial charge in [-0.1, -0.05) is 89.9 Å². The molecule has 0 fully saturated rings. The molecule has 1 amide bonds. The Morgan fingerprint density at radius 1 is 0.750 bits per heavy atom. The number of carbonyl (C=O) groups excluding carboxylic acids is 2. The molecule has 1 N–H and O–H groups in total. The first-order valence-corrected chi connectivity index (χ1v) is 13.0. The number of para-hydroxylation sites is 1. The average Bonchev–Trinajstić information content (AvgIpc) is 2.98. The summed E-state index contributed by atoms with van der Waals surface area (Å²) in [6.07, 6.45) is 1.45. The third-order valence-corrected chi connectivity index (χ3v) is 6.61. The SMILES string of the molecule is O=C(Oc1ccc2ccccc2c1/C=N/NC(=O)c1ccccc1OCc1ccc(Cl)cc1)c1ccccc1Cl. The molecule has 0 aliphatic heterocycles. The number of amides is 1. The molecule has 198 valence electrons. The Balaban J connectivity index is 1.36. The van der Waals surface area contributed by atoms with Crippen LogP contribution in [0.1, 0.15) is 31.8 Å². The van der Waals surface area contributed by atoms with E-state index in [0.29, 0.717) is 21.9 Å². The molecule has 0 atom stereocenters. The van der Waals surface area contributed by atoms with Crippen LogP contribution >= 0.6 is 23.2 Å². The topological polar surface area (TPSA) is 77.0 Å². The first-order valence-electron chi connectivity index (χ1n) is 12.3. The maximum Gasteiger partial charge on any atom is 0.345 e. The van der Waals surface area contributed by atoms with Crippen molar-refractivity contribution in [1.29, 1.82) is 0 Å². The minimum absolute atomic E-state index is 0.240. The van der Waals surface area contributed by atoms with E-state index in [4.69, 9.17) is 32.7 Å². The lowest BCUT2D eigenvalue weighted by atomic mass is 10.0. The molecule has 5 rings (SSSR count). The molecule has 0 aliphatic rings. The largest absolute Gasteiger partial charge is 0.488 e. The van der Waals surface area contributed by atoms with Gasteiger partial charge in [0.25, 0.3) is 5.91 Å². The van der Waals surface area contributed by atoms with Gasteiger partial charge in [-0.3, -0.25) is 4.79 Å². The molecule has 0 spiro atoms. The van der Waals surface area contributed by atoms with Crippen molar-refractivity contribution >= 4 is 52.1 Å². The number of nitrogens with zero attached hydrogens (tertiary/aromatic N) is 1. The quantitative estimate of drug-likeness (QED) is 0.0899. The van der Waals surface area contributed by atoms with Gasteiger partial charge in [0.2, 0.25) is 0 Å². The van der Waals surface area contributed by atoms with Crippen LogP contribution in [0.3, 0.4) is 0 Å². The van der Waals surface area contributed by atoms with E-state index in [9.17, 15) is 9.59 Å². The molecule has 5 aromatic carbocycles. The third kappa shape index (κ3) is 6.31. The van der Waals surface area contributed by atoms with Crippen molar-refractivity contribution < 1.29 is 19.1 Å². The molecule has 0 radical (unpaired) electrons. The summed E-state index contributed by atoms with van der Waals surface area (Å²) in [6.45, 7) is 0.265. The Morgan fingerprint density at radius 3 is 2.25 bits per heavy atom. The van der Waals surface area contributed by atoms with E-state index in [2.05, 4.69) is 10.5 Å². The molecule has 0 aliphatic carbocycles. The van der Waals surface area contributed by atoms with Crippen LogP contribution in [0.15, 0.2) is 114 Å². The number of benzene rings is 5. The molecular formula is C32H22Cl2N2O4. The second-order valence-corrected chi connectivity index (χ2v) is 9.52. The molecule has 0 saturated carbocycles. The maximum absolute atomic E-state index is 13.0. The van der Waals surface area contributed by atoms with E-state index in [1.807, 2.05) is 42.5 Å². The highest BCUT2D eigenvalue weighted by atomic mass is 35.5. The number of fused-ring (bicyclic) bond motifs is 1. The number of halogens is 2. The van der Waals surface area contributed by atoms with Gasteiger partial charge in [-0.05, 0) is 58.8 Å². The lowest BCUT2D eigenvalue weighted by molar-refractivity contribution is 0.0734. The number of esters is 1. The van der Waals surface area contributed by atoms with Gasteiger partial charge in [0.15, 0.2) is 0 Å². The van der Waals surface area contributed by atoms with Crippen LogP contribution in [0.5, 0.6) is 11.5 Å². The number of rotatable bonds is 8. The molecule has 0 bridgehead atoms. The number of hydrogen-bond acceptors (Lipinski definition) is 5. The summed E-state index contributed by atoms with van der Waals surface area (Å²) in [7, 11) is 0. The Morgan fingerprint density at radius 2 is 1.45 bits per heavy atom. The van der Waals surface area contributed by atoms with E-state index in [-0.39, 0.29) is 22.9 Å². The van der Waals surface area contributed by atoms with Gasteiger partial charge in [0.05, 0.1) is 22.4 Å². The summed E-state index contributed by atoms with van der Waals surface area (Å²) in [4.78, 5) is 25.9. The normalized spacial score (nSPS) is 10.9. The van der Waals surface area contributed by atoms with Crippen molar-refractivity contribution in [3.63, 3.8) is 0 Å². The van der Waals surface area contributed by atoms with Crippen LogP contribution in [-0.2, 0) is 6.61 Å². The lowest BCUT2D eigenvalue weighted by Crippen LogP contribution is -2.19. The monoisotopic (exact) mass is 568 g/mol. The first-order chi connectivity index (χ1) is 19.5. The van der Waals surface area contributed by atoms with Gasteiger partial charge in [-0.2, -0.15) is 5.10 Å². The van der Waals surface area contributed by atoms with Crippen molar-refractivity contribution in [2.75, 3.05) is 0 Å². The summed E-state index contributed by atoms with van der Waals surface area (Å²) in [5.41, 5.74) is 4.54. The zero-order valence-electron chi connectivity index (χ0n) is 21.0. The molecular weight excluding hydrogens is 547 g/mol. The molecule has 5 aromatic rings. The summed E-state index contributed by atoms with van der Waals surface area (Å²) >= 11 is 12.1. The molecule has 40 heavy (non-hydrogen) atoms. The van der Waals surface area contributed by atoms with E-state index in [1.165, 1.54) is 6.21 Å². The van der Waals surface area contributed by atoms with Gasteiger partial charge in [0, 0.05) is 10.6 Å². The maximum atomic E-state index is 13.0. The van der Waals surface area contributed by atoms with E-state index < -0.39 is 11.9 Å². The van der Waals surface area contributed by atoms with Crippen LogP contribution < -0.4 is 14.9 Å². The molecule has 0 heterocycles. The number of carbonyl (C=O) groups is 2. The highest BCUT2D eigenvalue weighted by molar-refractivity contribution is 6.33. The minimum atomic E-state index is -0.605. The van der Waals surface area contributed by atoms with Gasteiger partial charge in [-0.15, -0.1) is 0 Å². The first kappa shape index (κ1) is 26.9. The van der Waals surface area contributed by atoms with Crippen LogP contribution in [0.2, 0.25) is 10.0 Å². The Kier molecular flexibility index (Phi) is 8.40.